The van der Waals surface area contributed by atoms with Crippen LogP contribution in [0.4, 0.5) is 0 Å². The van der Waals surface area contributed by atoms with E-state index in [-0.39, 0.29) is 0 Å². The molecule has 10 heavy (non-hydrogen) atoms. The molecule has 0 aromatic carbocycles. The second-order valence-electron chi connectivity index (χ2n) is 1.44. The summed E-state index contributed by atoms with van der Waals surface area (Å²) in [7, 11) is 0. The van der Waals surface area contributed by atoms with E-state index in [1.54, 1.807) is 0 Å². The summed E-state index contributed by atoms with van der Waals surface area (Å²) in [5, 5.41) is 17.2. The molecule has 0 rings (SSSR count). The molecular weight excluding hydrogens is 136 g/mol. The van der Waals surface area contributed by atoms with Gasteiger partial charge in [-0.15, -0.1) is 0 Å². The maximum Gasteiger partial charge on any atom is 0.207 e. The van der Waals surface area contributed by atoms with Crippen LogP contribution in [0.5, 0.6) is 0 Å². The maximum absolute atomic E-state index is 8.59. The minimum atomic E-state index is -1.23. The molecule has 4 nitrogen and oxygen atoms in total. The van der Waals surface area contributed by atoms with Gasteiger partial charge in [-0.25, -0.2) is 0 Å². The molecule has 0 bridgehead atoms. The number of rotatable bonds is 5. The first-order valence-electron chi connectivity index (χ1n) is 2.64. The van der Waals surface area contributed by atoms with Crippen molar-refractivity contribution < 1.29 is 20.0 Å². The van der Waals surface area contributed by atoms with Crippen LogP contribution < -0.4 is 0 Å². The lowest BCUT2D eigenvalue weighted by Crippen LogP contribution is -2.15. The highest BCUT2D eigenvalue weighted by molar-refractivity contribution is 4.70. The monoisotopic (exact) mass is 146 g/mol. The lowest BCUT2D eigenvalue weighted by Gasteiger charge is -2.07. The average Bonchev–Trinajstić information content (AvgIpc) is 1.99. The Morgan fingerprint density at radius 2 is 1.30 bits per heavy atom. The molecule has 0 spiro atoms. The molecule has 0 heterocycles. The van der Waals surface area contributed by atoms with Crippen LogP contribution in [0.3, 0.4) is 0 Å². The van der Waals surface area contributed by atoms with E-state index in [0.717, 1.165) is 12.2 Å². The van der Waals surface area contributed by atoms with E-state index in [0.29, 0.717) is 0 Å². The van der Waals surface area contributed by atoms with Crippen molar-refractivity contribution in [2.45, 2.75) is 12.6 Å². The second-order valence-corrected chi connectivity index (χ2v) is 1.44. The summed E-state index contributed by atoms with van der Waals surface area (Å²) in [4.78, 5) is 8.32. The Hall–Kier alpha value is -0.680. The zero-order chi connectivity index (χ0) is 7.98. The van der Waals surface area contributed by atoms with E-state index in [1.807, 2.05) is 0 Å². The second kappa shape index (κ2) is 5.13. The van der Waals surface area contributed by atoms with Gasteiger partial charge in [-0.3, -0.25) is 0 Å². The summed E-state index contributed by atoms with van der Waals surface area (Å²) in [5.74, 6) is 0. The Balaban J connectivity index is 3.34. The van der Waals surface area contributed by atoms with Crippen LogP contribution in [0, 0.1) is 0 Å². The van der Waals surface area contributed by atoms with Gasteiger partial charge in [-0.2, -0.15) is 9.78 Å². The summed E-state index contributed by atoms with van der Waals surface area (Å²) in [6, 6.07) is 0. The van der Waals surface area contributed by atoms with Crippen molar-refractivity contribution in [2.75, 3.05) is 0 Å². The molecule has 0 aliphatic carbocycles. The highest BCUT2D eigenvalue weighted by Gasteiger charge is 2.02. The molecule has 0 saturated heterocycles. The Labute approximate surface area is 58.9 Å². The van der Waals surface area contributed by atoms with Crippen molar-refractivity contribution in [3.05, 3.63) is 25.3 Å². The fourth-order valence-corrected chi connectivity index (χ4v) is 0.192. The molecule has 0 aromatic rings. The van der Waals surface area contributed by atoms with E-state index < -0.39 is 12.6 Å². The minimum absolute atomic E-state index is 1.11. The van der Waals surface area contributed by atoms with Crippen LogP contribution in [0.2, 0.25) is 0 Å². The quantitative estimate of drug-likeness (QED) is 0.247. The normalized spacial score (nSPS) is 15.8. The van der Waals surface area contributed by atoms with Gasteiger partial charge >= 0.3 is 0 Å². The van der Waals surface area contributed by atoms with E-state index in [9.17, 15) is 0 Å². The van der Waals surface area contributed by atoms with Gasteiger partial charge in [0, 0.05) is 0 Å². The molecule has 2 N–H and O–H groups in total. The molecule has 0 aromatic heterocycles. The van der Waals surface area contributed by atoms with Gasteiger partial charge < -0.3 is 10.2 Å². The summed E-state index contributed by atoms with van der Waals surface area (Å²) in [6.07, 6.45) is -0.241. The Bertz CT molecular complexity index is 98.3. The molecule has 0 amide bonds. The van der Waals surface area contributed by atoms with Crippen molar-refractivity contribution in [3.8, 4) is 0 Å². The van der Waals surface area contributed by atoms with Crippen molar-refractivity contribution in [3.63, 3.8) is 0 Å². The molecular formula is C6H10O4. The van der Waals surface area contributed by atoms with Gasteiger partial charge in [0.1, 0.15) is 0 Å². The standard InChI is InChI=1S/C6H10O4/c1-3-5(7)9-10-6(8)4-2/h3-8H,1-2H2. The zero-order valence-corrected chi connectivity index (χ0v) is 5.43. The van der Waals surface area contributed by atoms with Crippen molar-refractivity contribution in [2.24, 2.45) is 0 Å². The van der Waals surface area contributed by atoms with Gasteiger partial charge in [-0.05, 0) is 12.2 Å². The van der Waals surface area contributed by atoms with Crippen molar-refractivity contribution >= 4 is 0 Å². The van der Waals surface area contributed by atoms with Crippen molar-refractivity contribution in [1.29, 1.82) is 0 Å². The van der Waals surface area contributed by atoms with Crippen LogP contribution in [-0.4, -0.2) is 22.8 Å². The predicted octanol–water partition coefficient (Wildman–Crippen LogP) is -0.0566. The first-order valence-corrected chi connectivity index (χ1v) is 2.64. The molecule has 2 atom stereocenters. The lowest BCUT2D eigenvalue weighted by molar-refractivity contribution is -0.401. The van der Waals surface area contributed by atoms with Crippen molar-refractivity contribution in [1.82, 2.24) is 0 Å². The largest absolute Gasteiger partial charge is 0.363 e. The Morgan fingerprint density at radius 1 is 1.00 bits per heavy atom. The zero-order valence-electron chi connectivity index (χ0n) is 5.43. The van der Waals surface area contributed by atoms with E-state index >= 15 is 0 Å². The van der Waals surface area contributed by atoms with Crippen LogP contribution in [0.1, 0.15) is 0 Å². The van der Waals surface area contributed by atoms with Crippen LogP contribution in [0.25, 0.3) is 0 Å². The Morgan fingerprint density at radius 3 is 1.50 bits per heavy atom. The minimum Gasteiger partial charge on any atom is -0.363 e. The Kier molecular flexibility index (Phi) is 4.78. The van der Waals surface area contributed by atoms with E-state index in [1.165, 1.54) is 0 Å². The van der Waals surface area contributed by atoms with Gasteiger partial charge in [0.05, 0.1) is 0 Å². The fraction of sp³-hybridized carbons (Fsp3) is 0.333. The third kappa shape index (κ3) is 4.22. The fourth-order valence-electron chi connectivity index (χ4n) is 0.192. The summed E-state index contributed by atoms with van der Waals surface area (Å²) in [6.45, 7) is 6.40. The van der Waals surface area contributed by atoms with Crippen LogP contribution in [-0.2, 0) is 9.78 Å². The molecule has 0 saturated carbocycles. The number of hydrogen-bond acceptors (Lipinski definition) is 4. The first-order chi connectivity index (χ1) is 4.70. The molecule has 58 valence electrons. The SMILES string of the molecule is C=CC(O)OOC(O)C=C. The van der Waals surface area contributed by atoms with E-state index in [4.69, 9.17) is 10.2 Å². The molecule has 4 heteroatoms. The third-order valence-corrected chi connectivity index (χ3v) is 0.656. The maximum atomic E-state index is 8.59. The lowest BCUT2D eigenvalue weighted by atomic mass is 10.6. The molecule has 2 unspecified atom stereocenters. The highest BCUT2D eigenvalue weighted by Crippen LogP contribution is 1.93. The molecule has 0 aliphatic rings. The average molecular weight is 146 g/mol. The number of aliphatic hydroxyl groups excluding tert-OH is 2. The van der Waals surface area contributed by atoms with Gasteiger partial charge in [-0.1, -0.05) is 13.2 Å². The van der Waals surface area contributed by atoms with E-state index in [2.05, 4.69) is 22.9 Å². The number of hydrogen-bond donors (Lipinski definition) is 2. The third-order valence-electron chi connectivity index (χ3n) is 0.656. The highest BCUT2D eigenvalue weighted by atomic mass is 17.2. The first kappa shape index (κ1) is 9.32. The number of aliphatic hydroxyl groups is 2. The topological polar surface area (TPSA) is 58.9 Å². The summed E-state index contributed by atoms with van der Waals surface area (Å²) >= 11 is 0. The van der Waals surface area contributed by atoms with Gasteiger partial charge in [0.25, 0.3) is 0 Å². The molecule has 0 radical (unpaired) electrons. The molecule has 0 aliphatic heterocycles. The predicted molar refractivity (Wildman–Crippen MR) is 34.6 cm³/mol. The van der Waals surface area contributed by atoms with Gasteiger partial charge in [0.2, 0.25) is 12.6 Å². The smallest absolute Gasteiger partial charge is 0.207 e. The van der Waals surface area contributed by atoms with Crippen LogP contribution in [0.15, 0.2) is 25.3 Å². The van der Waals surface area contributed by atoms with Gasteiger partial charge in [0.15, 0.2) is 0 Å². The van der Waals surface area contributed by atoms with Crippen LogP contribution >= 0.6 is 0 Å². The molecule has 0 fully saturated rings. The summed E-state index contributed by atoms with van der Waals surface area (Å²) < 4.78 is 0. The summed E-state index contributed by atoms with van der Waals surface area (Å²) in [5.41, 5.74) is 0.